The van der Waals surface area contributed by atoms with Crippen molar-refractivity contribution in [1.82, 2.24) is 10.2 Å². The average molecular weight is 210 g/mol. The second-order valence-corrected chi connectivity index (χ2v) is 5.01. The normalized spacial score (nSPS) is 13.9. The van der Waals surface area contributed by atoms with Gasteiger partial charge in [-0.1, -0.05) is 12.2 Å². The molecule has 15 heavy (non-hydrogen) atoms. The van der Waals surface area contributed by atoms with Crippen molar-refractivity contribution in [2.45, 2.75) is 39.3 Å². The lowest BCUT2D eigenvalue weighted by Crippen LogP contribution is -2.46. The predicted molar refractivity (Wildman–Crippen MR) is 69.2 cm³/mol. The minimum absolute atomic E-state index is 0.183. The van der Waals surface area contributed by atoms with Crippen LogP contribution in [0.25, 0.3) is 0 Å². The molecule has 0 aromatic rings. The van der Waals surface area contributed by atoms with Crippen molar-refractivity contribution in [2.75, 3.05) is 19.6 Å². The molecule has 0 saturated carbocycles. The van der Waals surface area contributed by atoms with Crippen LogP contribution < -0.4 is 5.32 Å². The molecule has 0 aliphatic rings. The van der Waals surface area contributed by atoms with Gasteiger partial charge in [-0.05, 0) is 27.7 Å². The summed E-state index contributed by atoms with van der Waals surface area (Å²) in [5, 5.41) is 3.51. The first-order valence-corrected chi connectivity index (χ1v) is 5.61. The Morgan fingerprint density at radius 2 is 1.67 bits per heavy atom. The largest absolute Gasteiger partial charge is 0.311 e. The van der Waals surface area contributed by atoms with Gasteiger partial charge in [0.25, 0.3) is 0 Å². The van der Waals surface area contributed by atoms with E-state index in [4.69, 9.17) is 0 Å². The third kappa shape index (κ3) is 7.34. The van der Waals surface area contributed by atoms with Crippen LogP contribution in [0.3, 0.4) is 0 Å². The van der Waals surface area contributed by atoms with Crippen LogP contribution in [-0.4, -0.2) is 36.1 Å². The molecule has 0 heterocycles. The van der Waals surface area contributed by atoms with Gasteiger partial charge in [-0.25, -0.2) is 0 Å². The van der Waals surface area contributed by atoms with Gasteiger partial charge in [-0.3, -0.25) is 4.90 Å². The molecular weight excluding hydrogens is 184 g/mol. The van der Waals surface area contributed by atoms with Crippen LogP contribution in [0.5, 0.6) is 0 Å². The summed E-state index contributed by atoms with van der Waals surface area (Å²) in [4.78, 5) is 2.35. The van der Waals surface area contributed by atoms with E-state index in [-0.39, 0.29) is 5.54 Å². The van der Waals surface area contributed by atoms with E-state index in [1.54, 1.807) is 0 Å². The van der Waals surface area contributed by atoms with Gasteiger partial charge in [0.05, 0.1) is 0 Å². The number of rotatable bonds is 7. The number of hydrogen-bond acceptors (Lipinski definition) is 2. The summed E-state index contributed by atoms with van der Waals surface area (Å²) in [5.74, 6) is 0. The van der Waals surface area contributed by atoms with Crippen LogP contribution >= 0.6 is 0 Å². The van der Waals surface area contributed by atoms with Crippen molar-refractivity contribution < 1.29 is 0 Å². The molecule has 0 spiro atoms. The molecule has 0 saturated heterocycles. The van der Waals surface area contributed by atoms with Crippen LogP contribution in [0, 0.1) is 0 Å². The van der Waals surface area contributed by atoms with Gasteiger partial charge in [0, 0.05) is 31.2 Å². The topological polar surface area (TPSA) is 15.3 Å². The highest BCUT2D eigenvalue weighted by Crippen LogP contribution is 2.03. The highest BCUT2D eigenvalue weighted by Gasteiger charge is 2.14. The third-order valence-electron chi connectivity index (χ3n) is 2.28. The molecule has 0 bridgehead atoms. The lowest BCUT2D eigenvalue weighted by Gasteiger charge is -2.30. The second-order valence-electron chi connectivity index (χ2n) is 5.01. The summed E-state index contributed by atoms with van der Waals surface area (Å²) in [5.41, 5.74) is 0.183. The Labute approximate surface area is 95.0 Å². The van der Waals surface area contributed by atoms with Crippen molar-refractivity contribution in [2.24, 2.45) is 0 Å². The minimum atomic E-state index is 0.183. The van der Waals surface area contributed by atoms with Crippen LogP contribution in [-0.2, 0) is 0 Å². The Bertz CT molecular complexity index is 181. The zero-order valence-corrected chi connectivity index (χ0v) is 10.7. The average Bonchev–Trinajstić information content (AvgIpc) is 2.13. The van der Waals surface area contributed by atoms with Crippen molar-refractivity contribution in [1.29, 1.82) is 0 Å². The molecule has 0 fully saturated rings. The Morgan fingerprint density at radius 3 is 2.00 bits per heavy atom. The summed E-state index contributed by atoms with van der Waals surface area (Å²) in [6.45, 7) is 19.2. The van der Waals surface area contributed by atoms with Crippen LogP contribution in [0.1, 0.15) is 27.7 Å². The molecular formula is C13H26N2. The van der Waals surface area contributed by atoms with E-state index < -0.39 is 0 Å². The predicted octanol–water partition coefficient (Wildman–Crippen LogP) is 2.44. The Balaban J connectivity index is 4.06. The quantitative estimate of drug-likeness (QED) is 0.649. The Kier molecular flexibility index (Phi) is 6.53. The van der Waals surface area contributed by atoms with Crippen molar-refractivity contribution in [3.8, 4) is 0 Å². The lowest BCUT2D eigenvalue weighted by molar-refractivity contribution is 0.234. The fourth-order valence-electron chi connectivity index (χ4n) is 1.35. The standard InChI is InChI=1S/C13H26N2/c1-7-9-15(10-8-2)12(3)11-14-13(4,5)6/h7-8,12,14H,1-2,9-11H2,3-6H3. The van der Waals surface area contributed by atoms with Gasteiger partial charge in [0.2, 0.25) is 0 Å². The second kappa shape index (κ2) is 6.81. The van der Waals surface area contributed by atoms with Gasteiger partial charge in [0.1, 0.15) is 0 Å². The maximum Gasteiger partial charge on any atom is 0.0199 e. The van der Waals surface area contributed by atoms with Gasteiger partial charge in [0.15, 0.2) is 0 Å². The van der Waals surface area contributed by atoms with E-state index in [2.05, 4.69) is 51.1 Å². The molecule has 0 aliphatic carbocycles. The summed E-state index contributed by atoms with van der Waals surface area (Å²) in [6, 6.07) is 0.500. The molecule has 2 nitrogen and oxygen atoms in total. The molecule has 88 valence electrons. The van der Waals surface area contributed by atoms with E-state index in [1.165, 1.54) is 0 Å². The minimum Gasteiger partial charge on any atom is -0.311 e. The summed E-state index contributed by atoms with van der Waals surface area (Å²) in [6.07, 6.45) is 3.88. The van der Waals surface area contributed by atoms with Gasteiger partial charge < -0.3 is 5.32 Å². The van der Waals surface area contributed by atoms with Crippen LogP contribution in [0.15, 0.2) is 25.3 Å². The highest BCUT2D eigenvalue weighted by atomic mass is 15.2. The van der Waals surface area contributed by atoms with E-state index in [0.717, 1.165) is 19.6 Å². The first-order valence-electron chi connectivity index (χ1n) is 5.61. The van der Waals surface area contributed by atoms with Gasteiger partial charge >= 0.3 is 0 Å². The van der Waals surface area contributed by atoms with E-state index in [0.29, 0.717) is 6.04 Å². The fourth-order valence-corrected chi connectivity index (χ4v) is 1.35. The fraction of sp³-hybridized carbons (Fsp3) is 0.692. The lowest BCUT2D eigenvalue weighted by atomic mass is 10.1. The zero-order chi connectivity index (χ0) is 11.9. The highest BCUT2D eigenvalue weighted by molar-refractivity contribution is 4.85. The molecule has 1 unspecified atom stereocenters. The summed E-state index contributed by atoms with van der Waals surface area (Å²) >= 11 is 0. The monoisotopic (exact) mass is 210 g/mol. The number of hydrogen-bond donors (Lipinski definition) is 1. The smallest absolute Gasteiger partial charge is 0.0199 e. The molecule has 1 atom stereocenters. The van der Waals surface area contributed by atoms with Crippen molar-refractivity contribution >= 4 is 0 Å². The first-order chi connectivity index (χ1) is 6.90. The molecule has 0 radical (unpaired) electrons. The Hall–Kier alpha value is -0.600. The number of nitrogens with zero attached hydrogens (tertiary/aromatic N) is 1. The van der Waals surface area contributed by atoms with Gasteiger partial charge in [-0.15, -0.1) is 13.2 Å². The SMILES string of the molecule is C=CCN(CC=C)C(C)CNC(C)(C)C. The Morgan fingerprint density at radius 1 is 1.20 bits per heavy atom. The molecule has 0 amide bonds. The molecule has 1 N–H and O–H groups in total. The molecule has 0 aromatic carbocycles. The molecule has 2 heteroatoms. The van der Waals surface area contributed by atoms with Crippen molar-refractivity contribution in [3.05, 3.63) is 25.3 Å². The zero-order valence-electron chi connectivity index (χ0n) is 10.7. The maximum atomic E-state index is 3.78. The summed E-state index contributed by atoms with van der Waals surface area (Å²) < 4.78 is 0. The summed E-state index contributed by atoms with van der Waals surface area (Å²) in [7, 11) is 0. The molecule has 0 aromatic heterocycles. The van der Waals surface area contributed by atoms with E-state index in [9.17, 15) is 0 Å². The van der Waals surface area contributed by atoms with Crippen LogP contribution in [0.4, 0.5) is 0 Å². The molecule has 0 rings (SSSR count). The van der Waals surface area contributed by atoms with E-state index >= 15 is 0 Å². The van der Waals surface area contributed by atoms with E-state index in [1.807, 2.05) is 12.2 Å². The first kappa shape index (κ1) is 14.4. The third-order valence-corrected chi connectivity index (χ3v) is 2.28. The van der Waals surface area contributed by atoms with Gasteiger partial charge in [-0.2, -0.15) is 0 Å². The molecule has 0 aliphatic heterocycles. The van der Waals surface area contributed by atoms with Crippen LogP contribution in [0.2, 0.25) is 0 Å². The number of nitrogens with one attached hydrogen (secondary N) is 1. The maximum absolute atomic E-state index is 3.78. The van der Waals surface area contributed by atoms with Crippen molar-refractivity contribution in [3.63, 3.8) is 0 Å².